The van der Waals surface area contributed by atoms with Gasteiger partial charge in [-0.25, -0.2) is 0 Å². The zero-order chi connectivity index (χ0) is 16.0. The van der Waals surface area contributed by atoms with Gasteiger partial charge in [-0.1, -0.05) is 36.2 Å². The third-order valence-corrected chi connectivity index (χ3v) is 3.94. The topological polar surface area (TPSA) is 84.2 Å². The van der Waals surface area contributed by atoms with Gasteiger partial charge < -0.3 is 16.4 Å². The molecule has 2 atom stereocenters. The van der Waals surface area contributed by atoms with E-state index in [1.54, 1.807) is 0 Å². The molecule has 2 amide bonds. The zero-order valence-electron chi connectivity index (χ0n) is 12.6. The Balaban J connectivity index is 2.49. The minimum absolute atomic E-state index is 0.0848. The lowest BCUT2D eigenvalue weighted by molar-refractivity contribution is -0.125. The van der Waals surface area contributed by atoms with Gasteiger partial charge in [-0.3, -0.25) is 9.59 Å². The predicted octanol–water partition coefficient (Wildman–Crippen LogP) is 2.19. The standard InChI is InChI=1S/C15H22BrN3O2/c1-4-9(2)14(17)15(21)18-8-13(20)19-12-6-5-11(16)7-10(12)3/h5-7,9,14H,4,8,17H2,1-3H3,(H,18,21)(H,19,20). The molecule has 5 nitrogen and oxygen atoms in total. The summed E-state index contributed by atoms with van der Waals surface area (Å²) in [6, 6.07) is 4.98. The number of nitrogens with one attached hydrogen (secondary N) is 2. The number of hydrogen-bond donors (Lipinski definition) is 3. The molecule has 0 aliphatic carbocycles. The molecule has 116 valence electrons. The van der Waals surface area contributed by atoms with Crippen LogP contribution in [0.2, 0.25) is 0 Å². The predicted molar refractivity (Wildman–Crippen MR) is 87.9 cm³/mol. The summed E-state index contributed by atoms with van der Waals surface area (Å²) in [5.41, 5.74) is 7.47. The molecule has 0 aliphatic rings. The summed E-state index contributed by atoms with van der Waals surface area (Å²) >= 11 is 3.36. The molecule has 21 heavy (non-hydrogen) atoms. The number of amides is 2. The number of halogens is 1. The van der Waals surface area contributed by atoms with Crippen LogP contribution in [0.1, 0.15) is 25.8 Å². The molecule has 4 N–H and O–H groups in total. The summed E-state index contributed by atoms with van der Waals surface area (Å²) in [6.07, 6.45) is 0.818. The molecule has 0 radical (unpaired) electrons. The quantitative estimate of drug-likeness (QED) is 0.731. The van der Waals surface area contributed by atoms with Crippen molar-refractivity contribution in [2.24, 2.45) is 11.7 Å². The fraction of sp³-hybridized carbons (Fsp3) is 0.467. The van der Waals surface area contributed by atoms with E-state index < -0.39 is 6.04 Å². The number of rotatable bonds is 6. The largest absolute Gasteiger partial charge is 0.346 e. The average Bonchev–Trinajstić information content (AvgIpc) is 2.46. The van der Waals surface area contributed by atoms with E-state index in [-0.39, 0.29) is 24.3 Å². The Bertz CT molecular complexity index is 520. The van der Waals surface area contributed by atoms with Gasteiger partial charge in [0.05, 0.1) is 12.6 Å². The molecule has 0 saturated heterocycles. The van der Waals surface area contributed by atoms with Crippen LogP contribution in [0.25, 0.3) is 0 Å². The van der Waals surface area contributed by atoms with E-state index in [4.69, 9.17) is 5.73 Å². The number of hydrogen-bond acceptors (Lipinski definition) is 3. The summed E-state index contributed by atoms with van der Waals surface area (Å²) in [5, 5.41) is 5.32. The van der Waals surface area contributed by atoms with E-state index >= 15 is 0 Å². The van der Waals surface area contributed by atoms with Crippen LogP contribution in [-0.4, -0.2) is 24.4 Å². The average molecular weight is 356 g/mol. The van der Waals surface area contributed by atoms with E-state index in [2.05, 4.69) is 26.6 Å². The number of aryl methyl sites for hydroxylation is 1. The van der Waals surface area contributed by atoms with E-state index in [9.17, 15) is 9.59 Å². The van der Waals surface area contributed by atoms with Crippen LogP contribution in [-0.2, 0) is 9.59 Å². The van der Waals surface area contributed by atoms with E-state index in [0.717, 1.165) is 22.1 Å². The molecule has 0 bridgehead atoms. The maximum Gasteiger partial charge on any atom is 0.243 e. The lowest BCUT2D eigenvalue weighted by Crippen LogP contribution is -2.46. The van der Waals surface area contributed by atoms with Crippen molar-refractivity contribution in [2.45, 2.75) is 33.2 Å². The van der Waals surface area contributed by atoms with Crippen molar-refractivity contribution in [3.63, 3.8) is 0 Å². The molecule has 0 fully saturated rings. The van der Waals surface area contributed by atoms with Crippen LogP contribution in [0.3, 0.4) is 0 Å². The number of nitrogens with two attached hydrogens (primary N) is 1. The van der Waals surface area contributed by atoms with Gasteiger partial charge in [0.15, 0.2) is 0 Å². The molecule has 0 spiro atoms. The monoisotopic (exact) mass is 355 g/mol. The molecule has 1 aromatic carbocycles. The maximum absolute atomic E-state index is 11.8. The number of anilines is 1. The Morgan fingerprint density at radius 3 is 2.62 bits per heavy atom. The van der Waals surface area contributed by atoms with Crippen molar-refractivity contribution in [1.29, 1.82) is 0 Å². The van der Waals surface area contributed by atoms with Crippen LogP contribution < -0.4 is 16.4 Å². The SMILES string of the molecule is CCC(C)C(N)C(=O)NCC(=O)Nc1ccc(Br)cc1C. The first kappa shape index (κ1) is 17.7. The summed E-state index contributed by atoms with van der Waals surface area (Å²) in [6.45, 7) is 5.70. The number of benzene rings is 1. The molecule has 0 saturated carbocycles. The van der Waals surface area contributed by atoms with Gasteiger partial charge in [-0.2, -0.15) is 0 Å². The molecular weight excluding hydrogens is 334 g/mol. The minimum atomic E-state index is -0.586. The maximum atomic E-state index is 11.8. The third-order valence-electron chi connectivity index (χ3n) is 3.45. The van der Waals surface area contributed by atoms with E-state index in [1.807, 2.05) is 39.0 Å². The van der Waals surface area contributed by atoms with E-state index in [0.29, 0.717) is 0 Å². The molecule has 2 unspecified atom stereocenters. The van der Waals surface area contributed by atoms with Gasteiger partial charge >= 0.3 is 0 Å². The normalized spacial score (nSPS) is 13.4. The van der Waals surface area contributed by atoms with Crippen molar-refractivity contribution in [1.82, 2.24) is 5.32 Å². The number of carbonyl (C=O) groups excluding carboxylic acids is 2. The minimum Gasteiger partial charge on any atom is -0.346 e. The smallest absolute Gasteiger partial charge is 0.243 e. The highest BCUT2D eigenvalue weighted by Gasteiger charge is 2.19. The van der Waals surface area contributed by atoms with Gasteiger partial charge in [-0.15, -0.1) is 0 Å². The zero-order valence-corrected chi connectivity index (χ0v) is 14.2. The van der Waals surface area contributed by atoms with Crippen molar-refractivity contribution < 1.29 is 9.59 Å². The first-order chi connectivity index (χ1) is 9.85. The molecular formula is C15H22BrN3O2. The Morgan fingerprint density at radius 2 is 2.05 bits per heavy atom. The summed E-state index contributed by atoms with van der Waals surface area (Å²) in [4.78, 5) is 23.6. The summed E-state index contributed by atoms with van der Waals surface area (Å²) in [7, 11) is 0. The second-order valence-electron chi connectivity index (χ2n) is 5.14. The van der Waals surface area contributed by atoms with E-state index in [1.165, 1.54) is 0 Å². The van der Waals surface area contributed by atoms with Crippen LogP contribution >= 0.6 is 15.9 Å². The Kier molecular flexibility index (Phi) is 6.84. The first-order valence-corrected chi connectivity index (χ1v) is 7.73. The van der Waals surface area contributed by atoms with Crippen LogP contribution in [0.15, 0.2) is 22.7 Å². The summed E-state index contributed by atoms with van der Waals surface area (Å²) in [5.74, 6) is -0.487. The Labute approximate surface area is 133 Å². The molecule has 0 aliphatic heterocycles. The number of carbonyl (C=O) groups is 2. The molecule has 0 aromatic heterocycles. The van der Waals surface area contributed by atoms with Crippen LogP contribution in [0.4, 0.5) is 5.69 Å². The van der Waals surface area contributed by atoms with Crippen molar-refractivity contribution in [3.8, 4) is 0 Å². The summed E-state index contributed by atoms with van der Waals surface area (Å²) < 4.78 is 0.950. The van der Waals surface area contributed by atoms with Gasteiger partial charge in [-0.05, 0) is 36.6 Å². The highest BCUT2D eigenvalue weighted by molar-refractivity contribution is 9.10. The third kappa shape index (κ3) is 5.47. The van der Waals surface area contributed by atoms with Crippen molar-refractivity contribution in [2.75, 3.05) is 11.9 Å². The fourth-order valence-electron chi connectivity index (χ4n) is 1.76. The van der Waals surface area contributed by atoms with Crippen molar-refractivity contribution in [3.05, 3.63) is 28.2 Å². The van der Waals surface area contributed by atoms with Crippen molar-refractivity contribution >= 4 is 33.4 Å². The van der Waals surface area contributed by atoms with Crippen LogP contribution in [0, 0.1) is 12.8 Å². The van der Waals surface area contributed by atoms with Gasteiger partial charge in [0.25, 0.3) is 0 Å². The lowest BCUT2D eigenvalue weighted by Gasteiger charge is -2.17. The second-order valence-corrected chi connectivity index (χ2v) is 6.05. The molecule has 1 aromatic rings. The van der Waals surface area contributed by atoms with Gasteiger partial charge in [0, 0.05) is 10.2 Å². The Morgan fingerprint density at radius 1 is 1.38 bits per heavy atom. The first-order valence-electron chi connectivity index (χ1n) is 6.94. The molecule has 1 rings (SSSR count). The highest BCUT2D eigenvalue weighted by Crippen LogP contribution is 2.19. The van der Waals surface area contributed by atoms with Crippen LogP contribution in [0.5, 0.6) is 0 Å². The van der Waals surface area contributed by atoms with Gasteiger partial charge in [0.2, 0.25) is 11.8 Å². The lowest BCUT2D eigenvalue weighted by atomic mass is 9.99. The van der Waals surface area contributed by atoms with Gasteiger partial charge in [0.1, 0.15) is 0 Å². The molecule has 0 heterocycles. The molecule has 6 heteroatoms. The highest BCUT2D eigenvalue weighted by atomic mass is 79.9. The second kappa shape index (κ2) is 8.14. The Hall–Kier alpha value is -1.40. The fourth-order valence-corrected chi connectivity index (χ4v) is 2.23.